The van der Waals surface area contributed by atoms with Gasteiger partial charge in [-0.1, -0.05) is 12.1 Å². The van der Waals surface area contributed by atoms with Gasteiger partial charge in [0.1, 0.15) is 6.29 Å². The Balaban J connectivity index is 2.04. The molecule has 0 aliphatic rings. The first-order valence-corrected chi connectivity index (χ1v) is 7.17. The van der Waals surface area contributed by atoms with Crippen LogP contribution in [0.5, 0.6) is 11.5 Å². The number of amides is 1. The molecule has 2 rings (SSSR count). The summed E-state index contributed by atoms with van der Waals surface area (Å²) < 4.78 is 10.6. The first kappa shape index (κ1) is 16.5. The number of rotatable bonds is 6. The standard InChI is InChI=1S/C18H19NO4/c1-12-5-4-6-15(13(12)2)19-18(21)11-23-17-9-14(10-20)7-8-16(17)22-3/h4-10H,11H2,1-3H3,(H,19,21). The second-order valence-electron chi connectivity index (χ2n) is 5.11. The zero-order chi connectivity index (χ0) is 16.8. The minimum absolute atomic E-state index is 0.175. The van der Waals surface area contributed by atoms with Crippen molar-refractivity contribution in [1.82, 2.24) is 0 Å². The lowest BCUT2D eigenvalue weighted by Crippen LogP contribution is -2.21. The van der Waals surface area contributed by atoms with E-state index in [-0.39, 0.29) is 12.5 Å². The van der Waals surface area contributed by atoms with Gasteiger partial charge in [-0.2, -0.15) is 0 Å². The number of carbonyl (C=O) groups is 2. The molecular weight excluding hydrogens is 294 g/mol. The SMILES string of the molecule is COc1ccc(C=O)cc1OCC(=O)Nc1cccc(C)c1C. The second kappa shape index (κ2) is 7.45. The average Bonchev–Trinajstić information content (AvgIpc) is 2.56. The van der Waals surface area contributed by atoms with Crippen molar-refractivity contribution >= 4 is 17.9 Å². The molecule has 0 bridgehead atoms. The number of aldehydes is 1. The first-order chi connectivity index (χ1) is 11.0. The van der Waals surface area contributed by atoms with Gasteiger partial charge >= 0.3 is 0 Å². The van der Waals surface area contributed by atoms with Gasteiger partial charge in [0, 0.05) is 11.3 Å². The van der Waals surface area contributed by atoms with Crippen molar-refractivity contribution in [2.24, 2.45) is 0 Å². The monoisotopic (exact) mass is 313 g/mol. The van der Waals surface area contributed by atoms with Crippen LogP contribution in [-0.2, 0) is 4.79 Å². The molecule has 0 radical (unpaired) electrons. The Labute approximate surface area is 135 Å². The smallest absolute Gasteiger partial charge is 0.262 e. The minimum atomic E-state index is -0.280. The maximum atomic E-state index is 12.1. The highest BCUT2D eigenvalue weighted by Gasteiger charge is 2.10. The number of hydrogen-bond donors (Lipinski definition) is 1. The van der Waals surface area contributed by atoms with Crippen molar-refractivity contribution in [3.05, 3.63) is 53.1 Å². The summed E-state index contributed by atoms with van der Waals surface area (Å²) in [5.41, 5.74) is 3.33. The van der Waals surface area contributed by atoms with Crippen LogP contribution in [0.25, 0.3) is 0 Å². The number of ether oxygens (including phenoxy) is 2. The van der Waals surface area contributed by atoms with E-state index in [1.54, 1.807) is 12.1 Å². The molecule has 1 N–H and O–H groups in total. The zero-order valence-corrected chi connectivity index (χ0v) is 13.4. The maximum Gasteiger partial charge on any atom is 0.262 e. The highest BCUT2D eigenvalue weighted by Crippen LogP contribution is 2.27. The molecule has 0 aromatic heterocycles. The fraction of sp³-hybridized carbons (Fsp3) is 0.222. The molecule has 0 saturated heterocycles. The molecule has 5 nitrogen and oxygen atoms in total. The molecular formula is C18H19NO4. The van der Waals surface area contributed by atoms with E-state index in [2.05, 4.69) is 5.32 Å². The fourth-order valence-electron chi connectivity index (χ4n) is 2.10. The van der Waals surface area contributed by atoms with E-state index in [9.17, 15) is 9.59 Å². The van der Waals surface area contributed by atoms with Crippen molar-refractivity contribution < 1.29 is 19.1 Å². The van der Waals surface area contributed by atoms with Crippen LogP contribution in [0.1, 0.15) is 21.5 Å². The van der Waals surface area contributed by atoms with Crippen LogP contribution in [-0.4, -0.2) is 25.9 Å². The predicted molar refractivity (Wildman–Crippen MR) is 88.4 cm³/mol. The number of nitrogens with one attached hydrogen (secondary N) is 1. The third kappa shape index (κ3) is 4.10. The van der Waals surface area contributed by atoms with Crippen molar-refractivity contribution in [2.75, 3.05) is 19.0 Å². The van der Waals surface area contributed by atoms with Crippen LogP contribution in [0.3, 0.4) is 0 Å². The number of methoxy groups -OCH3 is 1. The van der Waals surface area contributed by atoms with Crippen molar-refractivity contribution in [1.29, 1.82) is 0 Å². The van der Waals surface area contributed by atoms with E-state index < -0.39 is 0 Å². The molecule has 0 saturated carbocycles. The van der Waals surface area contributed by atoms with Gasteiger partial charge < -0.3 is 14.8 Å². The lowest BCUT2D eigenvalue weighted by Gasteiger charge is -2.13. The molecule has 0 fully saturated rings. The van der Waals surface area contributed by atoms with Gasteiger partial charge in [-0.25, -0.2) is 0 Å². The summed E-state index contributed by atoms with van der Waals surface area (Å²) in [5, 5.41) is 2.81. The van der Waals surface area contributed by atoms with Gasteiger partial charge in [-0.15, -0.1) is 0 Å². The summed E-state index contributed by atoms with van der Waals surface area (Å²) in [4.78, 5) is 22.9. The Morgan fingerprint density at radius 2 is 1.96 bits per heavy atom. The molecule has 23 heavy (non-hydrogen) atoms. The molecule has 1 amide bonds. The van der Waals surface area contributed by atoms with Crippen LogP contribution < -0.4 is 14.8 Å². The summed E-state index contributed by atoms with van der Waals surface area (Å²) in [6.07, 6.45) is 0.711. The van der Waals surface area contributed by atoms with Crippen LogP contribution >= 0.6 is 0 Å². The van der Waals surface area contributed by atoms with E-state index >= 15 is 0 Å². The predicted octanol–water partition coefficient (Wildman–Crippen LogP) is 3.14. The molecule has 120 valence electrons. The van der Waals surface area contributed by atoms with Gasteiger partial charge in [-0.3, -0.25) is 9.59 Å². The topological polar surface area (TPSA) is 64.6 Å². The second-order valence-corrected chi connectivity index (χ2v) is 5.11. The molecule has 0 atom stereocenters. The fourth-order valence-corrected chi connectivity index (χ4v) is 2.10. The first-order valence-electron chi connectivity index (χ1n) is 7.17. The van der Waals surface area contributed by atoms with Crippen LogP contribution in [0, 0.1) is 13.8 Å². The van der Waals surface area contributed by atoms with Gasteiger partial charge in [0.15, 0.2) is 18.1 Å². The number of carbonyl (C=O) groups excluding carboxylic acids is 2. The van der Waals surface area contributed by atoms with Crippen molar-refractivity contribution in [3.63, 3.8) is 0 Å². The molecule has 5 heteroatoms. The number of hydrogen-bond acceptors (Lipinski definition) is 4. The summed E-state index contributed by atoms with van der Waals surface area (Å²) in [7, 11) is 1.50. The minimum Gasteiger partial charge on any atom is -0.493 e. The summed E-state index contributed by atoms with van der Waals surface area (Å²) >= 11 is 0. The molecule has 2 aromatic rings. The Morgan fingerprint density at radius 3 is 2.65 bits per heavy atom. The third-order valence-corrected chi connectivity index (χ3v) is 3.56. The Hall–Kier alpha value is -2.82. The zero-order valence-electron chi connectivity index (χ0n) is 13.4. The van der Waals surface area contributed by atoms with Gasteiger partial charge in [0.05, 0.1) is 7.11 Å². The average molecular weight is 313 g/mol. The summed E-state index contributed by atoms with van der Waals surface area (Å²) in [6.45, 7) is 3.76. The van der Waals surface area contributed by atoms with E-state index in [4.69, 9.17) is 9.47 Å². The lowest BCUT2D eigenvalue weighted by atomic mass is 10.1. The summed E-state index contributed by atoms with van der Waals surface area (Å²) in [5.74, 6) is 0.542. The van der Waals surface area contributed by atoms with E-state index in [1.165, 1.54) is 13.2 Å². The number of aryl methyl sites for hydroxylation is 1. The maximum absolute atomic E-state index is 12.1. The Bertz CT molecular complexity index is 725. The molecule has 2 aromatic carbocycles. The van der Waals surface area contributed by atoms with E-state index in [1.807, 2.05) is 32.0 Å². The van der Waals surface area contributed by atoms with Crippen molar-refractivity contribution in [3.8, 4) is 11.5 Å². The molecule has 0 aliphatic carbocycles. The van der Waals surface area contributed by atoms with E-state index in [0.717, 1.165) is 16.8 Å². The molecule has 0 spiro atoms. The number of anilines is 1. The van der Waals surface area contributed by atoms with Gasteiger partial charge in [0.2, 0.25) is 0 Å². The lowest BCUT2D eigenvalue weighted by molar-refractivity contribution is -0.118. The van der Waals surface area contributed by atoms with Crippen LogP contribution in [0.4, 0.5) is 5.69 Å². The summed E-state index contributed by atoms with van der Waals surface area (Å²) in [6, 6.07) is 10.5. The van der Waals surface area contributed by atoms with Gasteiger partial charge in [0.25, 0.3) is 5.91 Å². The van der Waals surface area contributed by atoms with Gasteiger partial charge in [-0.05, 0) is 49.2 Å². The Morgan fingerprint density at radius 1 is 1.17 bits per heavy atom. The van der Waals surface area contributed by atoms with Crippen LogP contribution in [0.15, 0.2) is 36.4 Å². The van der Waals surface area contributed by atoms with Crippen LogP contribution in [0.2, 0.25) is 0 Å². The highest BCUT2D eigenvalue weighted by atomic mass is 16.5. The molecule has 0 heterocycles. The van der Waals surface area contributed by atoms with Crippen molar-refractivity contribution in [2.45, 2.75) is 13.8 Å². The normalized spacial score (nSPS) is 10.0. The quantitative estimate of drug-likeness (QED) is 0.832. The Kier molecular flexibility index (Phi) is 5.36. The van der Waals surface area contributed by atoms with E-state index in [0.29, 0.717) is 23.3 Å². The third-order valence-electron chi connectivity index (χ3n) is 3.56. The largest absolute Gasteiger partial charge is 0.493 e. The highest BCUT2D eigenvalue weighted by molar-refractivity contribution is 5.92. The molecule has 0 aliphatic heterocycles. The number of benzene rings is 2. The molecule has 0 unspecified atom stereocenters.